The second-order valence-corrected chi connectivity index (χ2v) is 7.92. The Morgan fingerprint density at radius 2 is 1.90 bits per heavy atom. The molecule has 0 bridgehead atoms. The lowest BCUT2D eigenvalue weighted by Crippen LogP contribution is -2.49. The molecule has 2 saturated heterocycles. The zero-order valence-electron chi connectivity index (χ0n) is 17.5. The van der Waals surface area contributed by atoms with Crippen LogP contribution in [0.3, 0.4) is 0 Å². The van der Waals surface area contributed by atoms with Gasteiger partial charge in [0.25, 0.3) is 0 Å². The van der Waals surface area contributed by atoms with Crippen molar-refractivity contribution in [1.82, 2.24) is 10.6 Å². The van der Waals surface area contributed by atoms with Gasteiger partial charge in [-0.1, -0.05) is 18.2 Å². The summed E-state index contributed by atoms with van der Waals surface area (Å²) < 4.78 is 10.9. The lowest BCUT2D eigenvalue weighted by Gasteiger charge is -2.34. The third-order valence-corrected chi connectivity index (χ3v) is 5.73. The predicted molar refractivity (Wildman–Crippen MR) is 132 cm³/mol. The molecule has 2 N–H and O–H groups in total. The van der Waals surface area contributed by atoms with Crippen molar-refractivity contribution in [3.8, 4) is 0 Å². The molecule has 1 unspecified atom stereocenters. The van der Waals surface area contributed by atoms with Crippen molar-refractivity contribution >= 4 is 35.6 Å². The summed E-state index contributed by atoms with van der Waals surface area (Å²) in [5.74, 6) is 2.46. The number of halogens is 1. The van der Waals surface area contributed by atoms with Crippen LogP contribution in [-0.4, -0.2) is 51.4 Å². The van der Waals surface area contributed by atoms with Gasteiger partial charge in [-0.3, -0.25) is 4.99 Å². The van der Waals surface area contributed by atoms with Crippen molar-refractivity contribution in [2.24, 2.45) is 10.9 Å². The topological polar surface area (TPSA) is 62.0 Å². The van der Waals surface area contributed by atoms with Crippen LogP contribution >= 0.6 is 24.0 Å². The molecule has 2 aliphatic heterocycles. The van der Waals surface area contributed by atoms with E-state index in [1.165, 1.54) is 5.69 Å². The molecular weight excluding hydrogens is 491 g/mol. The van der Waals surface area contributed by atoms with Crippen LogP contribution < -0.4 is 15.5 Å². The van der Waals surface area contributed by atoms with Gasteiger partial charge in [0.15, 0.2) is 5.96 Å². The highest BCUT2D eigenvalue weighted by molar-refractivity contribution is 14.0. The zero-order valence-corrected chi connectivity index (χ0v) is 19.8. The maximum absolute atomic E-state index is 5.50. The number of benzene rings is 1. The van der Waals surface area contributed by atoms with E-state index in [-0.39, 0.29) is 24.0 Å². The van der Waals surface area contributed by atoms with Gasteiger partial charge >= 0.3 is 0 Å². The van der Waals surface area contributed by atoms with E-state index in [1.54, 1.807) is 6.26 Å². The fraction of sp³-hybridized carbons (Fsp3) is 0.522. The van der Waals surface area contributed by atoms with Gasteiger partial charge < -0.3 is 24.7 Å². The van der Waals surface area contributed by atoms with E-state index in [0.29, 0.717) is 12.0 Å². The Morgan fingerprint density at radius 1 is 1.07 bits per heavy atom. The van der Waals surface area contributed by atoms with Crippen LogP contribution in [-0.2, 0) is 11.2 Å². The fourth-order valence-electron chi connectivity index (χ4n) is 3.97. The molecule has 0 spiro atoms. The minimum atomic E-state index is 0. The molecule has 7 heteroatoms. The van der Waals surface area contributed by atoms with E-state index >= 15 is 0 Å². The number of hydrogen-bond acceptors (Lipinski definition) is 4. The summed E-state index contributed by atoms with van der Waals surface area (Å²) in [7, 11) is 0. The summed E-state index contributed by atoms with van der Waals surface area (Å²) in [5.41, 5.74) is 1.32. The second kappa shape index (κ2) is 12.2. The number of hydrogen-bond donors (Lipinski definition) is 2. The Balaban J connectivity index is 0.00000256. The molecule has 1 aromatic carbocycles. The molecular formula is C23H33IN4O2. The number of para-hydroxylation sites is 1. The van der Waals surface area contributed by atoms with E-state index in [0.717, 1.165) is 76.8 Å². The normalized spacial score (nSPS) is 20.1. The van der Waals surface area contributed by atoms with Crippen LogP contribution in [0, 0.1) is 5.92 Å². The van der Waals surface area contributed by atoms with Gasteiger partial charge in [0.1, 0.15) is 5.76 Å². The first-order valence-corrected chi connectivity index (χ1v) is 10.8. The van der Waals surface area contributed by atoms with Gasteiger partial charge in [0.05, 0.1) is 12.9 Å². The van der Waals surface area contributed by atoms with Gasteiger partial charge in [-0.25, -0.2) is 0 Å². The summed E-state index contributed by atoms with van der Waals surface area (Å²) >= 11 is 0. The highest BCUT2D eigenvalue weighted by Crippen LogP contribution is 2.19. The molecule has 164 valence electrons. The average molecular weight is 524 g/mol. The zero-order chi connectivity index (χ0) is 19.7. The number of furan rings is 1. The average Bonchev–Trinajstić information content (AvgIpc) is 3.47. The Labute approximate surface area is 196 Å². The minimum Gasteiger partial charge on any atom is -0.469 e. The number of guanidine groups is 1. The van der Waals surface area contributed by atoms with E-state index in [9.17, 15) is 0 Å². The number of aliphatic imine (C=N–C) groups is 1. The van der Waals surface area contributed by atoms with Crippen molar-refractivity contribution in [3.05, 3.63) is 54.5 Å². The molecule has 4 rings (SSSR count). The van der Waals surface area contributed by atoms with Crippen molar-refractivity contribution < 1.29 is 9.15 Å². The van der Waals surface area contributed by atoms with Crippen molar-refractivity contribution in [2.45, 2.75) is 31.7 Å². The summed E-state index contributed by atoms with van der Waals surface area (Å²) in [6, 6.07) is 15.1. The third-order valence-electron chi connectivity index (χ3n) is 5.73. The van der Waals surface area contributed by atoms with Crippen molar-refractivity contribution in [3.63, 3.8) is 0 Å². The van der Waals surface area contributed by atoms with Gasteiger partial charge in [0, 0.05) is 56.9 Å². The van der Waals surface area contributed by atoms with Crippen molar-refractivity contribution in [2.75, 3.05) is 44.3 Å². The first kappa shape index (κ1) is 22.9. The van der Waals surface area contributed by atoms with Crippen LogP contribution in [0.1, 0.15) is 25.0 Å². The quantitative estimate of drug-likeness (QED) is 0.329. The Morgan fingerprint density at radius 3 is 2.60 bits per heavy atom. The van der Waals surface area contributed by atoms with Crippen LogP contribution in [0.2, 0.25) is 0 Å². The molecule has 0 aliphatic carbocycles. The summed E-state index contributed by atoms with van der Waals surface area (Å²) in [6.45, 7) is 5.46. The number of rotatable bonds is 7. The molecule has 1 aromatic heterocycles. The van der Waals surface area contributed by atoms with E-state index in [1.807, 2.05) is 12.1 Å². The summed E-state index contributed by atoms with van der Waals surface area (Å²) in [4.78, 5) is 7.33. The highest BCUT2D eigenvalue weighted by atomic mass is 127. The molecule has 6 nitrogen and oxygen atoms in total. The molecule has 3 heterocycles. The van der Waals surface area contributed by atoms with Gasteiger partial charge in [-0.2, -0.15) is 0 Å². The van der Waals surface area contributed by atoms with Crippen LogP contribution in [0.15, 0.2) is 58.1 Å². The second-order valence-electron chi connectivity index (χ2n) is 7.92. The number of ether oxygens (including phenoxy) is 1. The largest absolute Gasteiger partial charge is 0.469 e. The highest BCUT2D eigenvalue weighted by Gasteiger charge is 2.21. The van der Waals surface area contributed by atoms with E-state index in [2.05, 4.69) is 45.9 Å². The van der Waals surface area contributed by atoms with E-state index in [4.69, 9.17) is 14.1 Å². The maximum atomic E-state index is 5.50. The smallest absolute Gasteiger partial charge is 0.191 e. The molecule has 0 saturated carbocycles. The lowest BCUT2D eigenvalue weighted by atomic mass is 10.0. The van der Waals surface area contributed by atoms with E-state index < -0.39 is 0 Å². The fourth-order valence-corrected chi connectivity index (χ4v) is 3.97. The number of piperidine rings is 1. The van der Waals surface area contributed by atoms with Crippen LogP contribution in [0.5, 0.6) is 0 Å². The number of nitrogens with zero attached hydrogens (tertiary/aromatic N) is 2. The number of anilines is 1. The summed E-state index contributed by atoms with van der Waals surface area (Å²) in [6.07, 6.45) is 5.91. The predicted octanol–water partition coefficient (Wildman–Crippen LogP) is 3.68. The first-order chi connectivity index (χ1) is 14.4. The Kier molecular flexibility index (Phi) is 9.32. The van der Waals surface area contributed by atoms with Gasteiger partial charge in [-0.15, -0.1) is 24.0 Å². The molecule has 0 radical (unpaired) electrons. The molecule has 1 atom stereocenters. The molecule has 2 fully saturated rings. The lowest BCUT2D eigenvalue weighted by molar-refractivity contribution is 0.187. The van der Waals surface area contributed by atoms with Crippen LogP contribution in [0.4, 0.5) is 5.69 Å². The Bertz CT molecular complexity index is 740. The van der Waals surface area contributed by atoms with Gasteiger partial charge in [0.2, 0.25) is 0 Å². The van der Waals surface area contributed by atoms with Gasteiger partial charge in [-0.05, 0) is 43.5 Å². The first-order valence-electron chi connectivity index (χ1n) is 10.8. The molecule has 2 aromatic rings. The maximum Gasteiger partial charge on any atom is 0.191 e. The monoisotopic (exact) mass is 524 g/mol. The third kappa shape index (κ3) is 6.91. The molecule has 0 amide bonds. The summed E-state index contributed by atoms with van der Waals surface area (Å²) in [5, 5.41) is 7.17. The van der Waals surface area contributed by atoms with Crippen molar-refractivity contribution in [1.29, 1.82) is 0 Å². The van der Waals surface area contributed by atoms with Crippen LogP contribution in [0.25, 0.3) is 0 Å². The minimum absolute atomic E-state index is 0. The molecule has 2 aliphatic rings. The SMILES string of the molecule is I.c1ccc(N2CCC(NC(=NCC3CCOC3)NCCc3ccco3)CC2)cc1. The molecule has 30 heavy (non-hydrogen) atoms. The standard InChI is InChI=1S/C23H32N4O2.HI/c1-2-5-21(6-3-1)27-13-9-20(10-14-27)26-23(25-17-19-11-16-28-18-19)24-12-8-22-7-4-15-29-22;/h1-7,15,19-20H,8-14,16-18H2,(H2,24,25,26);1H. The number of nitrogens with one attached hydrogen (secondary N) is 2. The Hall–Kier alpha value is -1.74.